The summed E-state index contributed by atoms with van der Waals surface area (Å²) in [6.45, 7) is 4.14. The summed E-state index contributed by atoms with van der Waals surface area (Å²) < 4.78 is 0. The van der Waals surface area contributed by atoms with Crippen molar-refractivity contribution in [3.63, 3.8) is 0 Å². The smallest absolute Gasteiger partial charge is 0.157 e. The van der Waals surface area contributed by atoms with Gasteiger partial charge in [0.05, 0.1) is 0 Å². The average molecular weight is 149 g/mol. The van der Waals surface area contributed by atoms with Gasteiger partial charge in [-0.3, -0.25) is 4.79 Å². The van der Waals surface area contributed by atoms with Gasteiger partial charge in [-0.15, -0.1) is 5.73 Å². The maximum absolute atomic E-state index is 10.7. The van der Waals surface area contributed by atoms with Crippen LogP contribution in [0.3, 0.4) is 0 Å². The van der Waals surface area contributed by atoms with E-state index in [4.69, 9.17) is 0 Å². The first kappa shape index (κ1) is 7.83. The lowest BCUT2D eigenvalue weighted by atomic mass is 10.3. The highest BCUT2D eigenvalue weighted by Gasteiger charge is 2.09. The van der Waals surface area contributed by atoms with Crippen molar-refractivity contribution < 1.29 is 4.79 Å². The number of carbonyl (C=O) groups is 1. The van der Waals surface area contributed by atoms with Crippen molar-refractivity contribution in [1.29, 1.82) is 0 Å². The van der Waals surface area contributed by atoms with E-state index in [1.807, 2.05) is 0 Å². The van der Waals surface area contributed by atoms with Crippen LogP contribution in [-0.2, 0) is 4.79 Å². The Balaban J connectivity index is 2.32. The van der Waals surface area contributed by atoms with Gasteiger partial charge < -0.3 is 5.32 Å². The molecule has 0 amide bonds. The normalized spacial score (nSPS) is 15.6. The molecule has 0 aliphatic heterocycles. The van der Waals surface area contributed by atoms with Crippen LogP contribution in [0.15, 0.2) is 30.2 Å². The van der Waals surface area contributed by atoms with E-state index in [0.717, 1.165) is 12.1 Å². The van der Waals surface area contributed by atoms with Gasteiger partial charge in [-0.05, 0) is 12.5 Å². The summed E-state index contributed by atoms with van der Waals surface area (Å²) in [4.78, 5) is 10.7. The van der Waals surface area contributed by atoms with Crippen molar-refractivity contribution in [2.75, 3.05) is 6.54 Å². The minimum absolute atomic E-state index is 0.218. The van der Waals surface area contributed by atoms with Crippen molar-refractivity contribution >= 4 is 5.78 Å². The van der Waals surface area contributed by atoms with Crippen molar-refractivity contribution in [2.24, 2.45) is 0 Å². The number of rotatable bonds is 3. The Morgan fingerprint density at radius 2 is 2.55 bits per heavy atom. The lowest BCUT2D eigenvalue weighted by molar-refractivity contribution is -0.114. The second-order valence-corrected chi connectivity index (χ2v) is 2.43. The van der Waals surface area contributed by atoms with Gasteiger partial charge in [0, 0.05) is 24.7 Å². The number of carbonyl (C=O) groups excluding carboxylic acids is 1. The Labute approximate surface area is 66.3 Å². The molecule has 0 heterocycles. The number of allylic oxidation sites excluding steroid dienone is 2. The summed E-state index contributed by atoms with van der Waals surface area (Å²) >= 11 is 0. The third kappa shape index (κ3) is 2.44. The summed E-state index contributed by atoms with van der Waals surface area (Å²) in [5.41, 5.74) is 3.68. The molecule has 0 spiro atoms. The van der Waals surface area contributed by atoms with Crippen LogP contribution >= 0.6 is 0 Å². The quantitative estimate of drug-likeness (QED) is 0.610. The van der Waals surface area contributed by atoms with Crippen molar-refractivity contribution in [3.8, 4) is 0 Å². The predicted octanol–water partition coefficient (Wildman–Crippen LogP) is 1.16. The van der Waals surface area contributed by atoms with Crippen LogP contribution < -0.4 is 5.32 Å². The Morgan fingerprint density at radius 3 is 3.09 bits per heavy atom. The number of hydrogen-bond acceptors (Lipinski definition) is 2. The molecule has 0 saturated heterocycles. The molecular formula is C9H11NO. The zero-order valence-electron chi connectivity index (χ0n) is 6.39. The van der Waals surface area contributed by atoms with Crippen LogP contribution in [-0.4, -0.2) is 12.3 Å². The zero-order valence-corrected chi connectivity index (χ0v) is 6.39. The molecular weight excluding hydrogens is 138 g/mol. The molecule has 0 unspecified atom stereocenters. The van der Waals surface area contributed by atoms with Crippen LogP contribution in [0.5, 0.6) is 0 Å². The van der Waals surface area contributed by atoms with Crippen molar-refractivity contribution in [1.82, 2.24) is 5.32 Å². The first-order valence-corrected chi connectivity index (χ1v) is 3.64. The average Bonchev–Trinajstić information content (AvgIpc) is 2.37. The molecule has 1 aliphatic rings. The van der Waals surface area contributed by atoms with Gasteiger partial charge in [0.2, 0.25) is 0 Å². The van der Waals surface area contributed by atoms with Gasteiger partial charge in [0.25, 0.3) is 0 Å². The standard InChI is InChI=1S/C9H11NO/c1-2-3-6-10-8-4-5-9(11)7-8/h3,7,10H,1,4-6H2. The van der Waals surface area contributed by atoms with E-state index in [9.17, 15) is 4.79 Å². The molecule has 1 aliphatic carbocycles. The van der Waals surface area contributed by atoms with E-state index in [1.54, 1.807) is 12.2 Å². The number of ketones is 1. The third-order valence-electron chi connectivity index (χ3n) is 1.55. The molecule has 0 fully saturated rings. The van der Waals surface area contributed by atoms with E-state index >= 15 is 0 Å². The van der Waals surface area contributed by atoms with E-state index in [1.165, 1.54) is 0 Å². The molecule has 0 aromatic rings. The molecule has 0 radical (unpaired) electrons. The van der Waals surface area contributed by atoms with Crippen LogP contribution in [0.1, 0.15) is 12.8 Å². The van der Waals surface area contributed by atoms with Gasteiger partial charge in [0.1, 0.15) is 0 Å². The Kier molecular flexibility index (Phi) is 2.70. The fourth-order valence-electron chi connectivity index (χ4n) is 0.990. The zero-order chi connectivity index (χ0) is 8.10. The maximum Gasteiger partial charge on any atom is 0.157 e. The van der Waals surface area contributed by atoms with Gasteiger partial charge in [-0.1, -0.05) is 6.58 Å². The molecule has 1 N–H and O–H groups in total. The topological polar surface area (TPSA) is 29.1 Å². The van der Waals surface area contributed by atoms with E-state index < -0.39 is 0 Å². The summed E-state index contributed by atoms with van der Waals surface area (Å²) in [5, 5.41) is 3.10. The Hall–Kier alpha value is -1.27. The molecule has 0 atom stereocenters. The summed E-state index contributed by atoms with van der Waals surface area (Å²) in [6.07, 6.45) is 4.96. The molecule has 0 bridgehead atoms. The number of nitrogens with one attached hydrogen (secondary N) is 1. The van der Waals surface area contributed by atoms with E-state index in [2.05, 4.69) is 17.6 Å². The lowest BCUT2D eigenvalue weighted by Crippen LogP contribution is -2.10. The van der Waals surface area contributed by atoms with Crippen molar-refractivity contribution in [3.05, 3.63) is 30.2 Å². The molecule has 1 rings (SSSR count). The lowest BCUT2D eigenvalue weighted by Gasteiger charge is -2.00. The van der Waals surface area contributed by atoms with Crippen LogP contribution in [0.4, 0.5) is 0 Å². The Morgan fingerprint density at radius 1 is 1.73 bits per heavy atom. The van der Waals surface area contributed by atoms with Gasteiger partial charge >= 0.3 is 0 Å². The van der Waals surface area contributed by atoms with Gasteiger partial charge in [-0.2, -0.15) is 0 Å². The predicted molar refractivity (Wildman–Crippen MR) is 44.0 cm³/mol. The highest BCUT2D eigenvalue weighted by molar-refractivity contribution is 5.92. The summed E-state index contributed by atoms with van der Waals surface area (Å²) in [7, 11) is 0. The molecule has 58 valence electrons. The van der Waals surface area contributed by atoms with Crippen LogP contribution in [0, 0.1) is 0 Å². The molecule has 0 saturated carbocycles. The fourth-order valence-corrected chi connectivity index (χ4v) is 0.990. The van der Waals surface area contributed by atoms with E-state index in [-0.39, 0.29) is 5.78 Å². The minimum Gasteiger partial charge on any atom is -0.384 e. The molecule has 2 heteroatoms. The monoisotopic (exact) mass is 149 g/mol. The van der Waals surface area contributed by atoms with Crippen LogP contribution in [0.25, 0.3) is 0 Å². The fraction of sp³-hybridized carbons (Fsp3) is 0.333. The largest absolute Gasteiger partial charge is 0.384 e. The highest BCUT2D eigenvalue weighted by atomic mass is 16.1. The first-order chi connectivity index (χ1) is 5.33. The van der Waals surface area contributed by atoms with Gasteiger partial charge in [0.15, 0.2) is 5.78 Å². The maximum atomic E-state index is 10.7. The molecule has 2 nitrogen and oxygen atoms in total. The summed E-state index contributed by atoms with van der Waals surface area (Å²) in [6, 6.07) is 0. The third-order valence-corrected chi connectivity index (χ3v) is 1.55. The second kappa shape index (κ2) is 3.79. The van der Waals surface area contributed by atoms with E-state index in [0.29, 0.717) is 13.0 Å². The SMILES string of the molecule is C=C=CCNC1=CC(=O)CC1. The van der Waals surface area contributed by atoms with Gasteiger partial charge in [-0.25, -0.2) is 0 Å². The number of hydrogen-bond donors (Lipinski definition) is 1. The summed E-state index contributed by atoms with van der Waals surface area (Å²) in [5.74, 6) is 0.218. The first-order valence-electron chi connectivity index (χ1n) is 3.64. The molecule has 11 heavy (non-hydrogen) atoms. The highest BCUT2D eigenvalue weighted by Crippen LogP contribution is 2.10. The molecule has 0 aromatic carbocycles. The molecule has 0 aromatic heterocycles. The Bertz CT molecular complexity index is 234. The van der Waals surface area contributed by atoms with Crippen molar-refractivity contribution in [2.45, 2.75) is 12.8 Å². The second-order valence-electron chi connectivity index (χ2n) is 2.43. The van der Waals surface area contributed by atoms with Crippen LogP contribution in [0.2, 0.25) is 0 Å². The minimum atomic E-state index is 0.218.